The quantitative estimate of drug-likeness (QED) is 0.760. The van der Waals surface area contributed by atoms with Gasteiger partial charge in [-0.25, -0.2) is 4.98 Å². The minimum Gasteiger partial charge on any atom is -0.392 e. The maximum atomic E-state index is 9.76. The maximum Gasteiger partial charge on any atom is 0.101 e. The van der Waals surface area contributed by atoms with Gasteiger partial charge >= 0.3 is 0 Å². The molecule has 3 heterocycles. The van der Waals surface area contributed by atoms with E-state index in [0.717, 1.165) is 48.3 Å². The molecule has 1 aromatic carbocycles. The molecule has 0 atom stereocenters. The molecule has 6 heteroatoms. The fraction of sp³-hybridized carbons (Fsp3) is 0.318. The number of rotatable bonds is 4. The Bertz CT molecular complexity index is 1010. The predicted octanol–water partition coefficient (Wildman–Crippen LogP) is 3.23. The Labute approximate surface area is 164 Å². The number of aryl methyl sites for hydroxylation is 1. The Morgan fingerprint density at radius 3 is 2.64 bits per heavy atom. The van der Waals surface area contributed by atoms with Crippen LogP contribution in [0.2, 0.25) is 0 Å². The fourth-order valence-electron chi connectivity index (χ4n) is 4.16. The lowest BCUT2D eigenvalue weighted by atomic mass is 9.91. The minimum absolute atomic E-state index is 0.0589. The number of benzene rings is 1. The summed E-state index contributed by atoms with van der Waals surface area (Å²) in [7, 11) is 2.04. The van der Waals surface area contributed by atoms with Crippen molar-refractivity contribution in [1.82, 2.24) is 14.5 Å². The topological polar surface area (TPSA) is 78.0 Å². The van der Waals surface area contributed by atoms with Gasteiger partial charge in [-0.15, -0.1) is 0 Å². The number of hydrogen-bond donors (Lipinski definition) is 1. The van der Waals surface area contributed by atoms with Crippen molar-refractivity contribution >= 4 is 5.69 Å². The molecule has 0 radical (unpaired) electrons. The van der Waals surface area contributed by atoms with Gasteiger partial charge in [0.2, 0.25) is 0 Å². The third kappa shape index (κ3) is 3.25. The Balaban J connectivity index is 1.69. The van der Waals surface area contributed by atoms with E-state index in [2.05, 4.69) is 25.5 Å². The SMILES string of the molecule is Cn1cncc1C1CCN(c2c(C#N)cccc2-c2cnccc2CO)CC1. The van der Waals surface area contributed by atoms with E-state index in [4.69, 9.17) is 0 Å². The van der Waals surface area contributed by atoms with Gasteiger partial charge in [0.25, 0.3) is 0 Å². The summed E-state index contributed by atoms with van der Waals surface area (Å²) in [5.41, 5.74) is 5.51. The van der Waals surface area contributed by atoms with Crippen molar-refractivity contribution in [3.05, 3.63) is 66.0 Å². The van der Waals surface area contributed by atoms with Crippen LogP contribution in [-0.4, -0.2) is 32.7 Å². The van der Waals surface area contributed by atoms with Crippen LogP contribution in [0.3, 0.4) is 0 Å². The van der Waals surface area contributed by atoms with Gasteiger partial charge in [-0.2, -0.15) is 5.26 Å². The molecule has 1 aliphatic rings. The van der Waals surface area contributed by atoms with Gasteiger partial charge in [0.1, 0.15) is 6.07 Å². The molecule has 0 saturated carbocycles. The van der Waals surface area contributed by atoms with Gasteiger partial charge < -0.3 is 14.6 Å². The molecule has 142 valence electrons. The highest BCUT2D eigenvalue weighted by molar-refractivity contribution is 5.84. The van der Waals surface area contributed by atoms with Crippen LogP contribution in [0.4, 0.5) is 5.69 Å². The predicted molar refractivity (Wildman–Crippen MR) is 108 cm³/mol. The first-order valence-electron chi connectivity index (χ1n) is 9.51. The van der Waals surface area contributed by atoms with Gasteiger partial charge in [0.05, 0.1) is 24.2 Å². The number of nitrogens with zero attached hydrogens (tertiary/aromatic N) is 5. The highest BCUT2D eigenvalue weighted by Gasteiger charge is 2.26. The Morgan fingerprint density at radius 1 is 1.14 bits per heavy atom. The third-order valence-corrected chi connectivity index (χ3v) is 5.61. The molecular formula is C22H23N5O. The van der Waals surface area contributed by atoms with Gasteiger partial charge in [-0.05, 0) is 30.5 Å². The highest BCUT2D eigenvalue weighted by Crippen LogP contribution is 2.38. The zero-order valence-electron chi connectivity index (χ0n) is 15.9. The van der Waals surface area contributed by atoms with Crippen LogP contribution in [0.25, 0.3) is 11.1 Å². The lowest BCUT2D eigenvalue weighted by molar-refractivity contribution is 0.282. The number of aliphatic hydroxyl groups is 1. The number of nitriles is 1. The van der Waals surface area contributed by atoms with Gasteiger partial charge in [0, 0.05) is 61.5 Å². The molecule has 0 bridgehead atoms. The van der Waals surface area contributed by atoms with Crippen LogP contribution >= 0.6 is 0 Å². The molecular weight excluding hydrogens is 350 g/mol. The molecule has 0 spiro atoms. The number of imidazole rings is 1. The Kier molecular flexibility index (Phi) is 5.09. The number of hydrogen-bond acceptors (Lipinski definition) is 5. The summed E-state index contributed by atoms with van der Waals surface area (Å²) in [6, 6.07) is 9.95. The van der Waals surface area contributed by atoms with Gasteiger partial charge in [0.15, 0.2) is 0 Å². The second kappa shape index (κ2) is 7.83. The van der Waals surface area contributed by atoms with Gasteiger partial charge in [-0.3, -0.25) is 4.98 Å². The van der Waals surface area contributed by atoms with Crippen LogP contribution in [0.1, 0.15) is 35.6 Å². The molecule has 0 unspecified atom stereocenters. The Morgan fingerprint density at radius 2 is 1.96 bits per heavy atom. The molecule has 3 aromatic rings. The summed E-state index contributed by atoms with van der Waals surface area (Å²) < 4.78 is 2.10. The van der Waals surface area contributed by atoms with Crippen molar-refractivity contribution in [2.45, 2.75) is 25.4 Å². The lowest BCUT2D eigenvalue weighted by Gasteiger charge is -2.35. The summed E-state index contributed by atoms with van der Waals surface area (Å²) in [5.74, 6) is 0.479. The zero-order chi connectivity index (χ0) is 19.5. The van der Waals surface area contributed by atoms with Crippen LogP contribution in [0, 0.1) is 11.3 Å². The highest BCUT2D eigenvalue weighted by atomic mass is 16.3. The second-order valence-corrected chi connectivity index (χ2v) is 7.20. The molecule has 0 amide bonds. The van der Waals surface area contributed by atoms with E-state index in [0.29, 0.717) is 11.5 Å². The van der Waals surface area contributed by atoms with Crippen molar-refractivity contribution in [2.75, 3.05) is 18.0 Å². The first-order valence-corrected chi connectivity index (χ1v) is 9.51. The smallest absolute Gasteiger partial charge is 0.101 e. The van der Waals surface area contributed by atoms with Crippen molar-refractivity contribution in [2.24, 2.45) is 7.05 Å². The average Bonchev–Trinajstić information content (AvgIpc) is 3.19. The number of para-hydroxylation sites is 1. The molecule has 28 heavy (non-hydrogen) atoms. The minimum atomic E-state index is -0.0589. The number of pyridine rings is 1. The summed E-state index contributed by atoms with van der Waals surface area (Å²) in [5, 5.41) is 19.5. The molecule has 1 N–H and O–H groups in total. The molecule has 4 rings (SSSR count). The fourth-order valence-corrected chi connectivity index (χ4v) is 4.16. The number of aliphatic hydroxyl groups excluding tert-OH is 1. The molecule has 1 saturated heterocycles. The molecule has 0 aliphatic carbocycles. The van der Waals surface area contributed by atoms with E-state index in [1.165, 1.54) is 5.69 Å². The van der Waals surface area contributed by atoms with E-state index >= 15 is 0 Å². The molecule has 6 nitrogen and oxygen atoms in total. The van der Waals surface area contributed by atoms with Crippen LogP contribution in [0.15, 0.2) is 49.2 Å². The van der Waals surface area contributed by atoms with Crippen molar-refractivity contribution in [1.29, 1.82) is 5.26 Å². The van der Waals surface area contributed by atoms with Crippen molar-refractivity contribution < 1.29 is 5.11 Å². The summed E-state index contributed by atoms with van der Waals surface area (Å²) in [6.45, 7) is 1.68. The maximum absolute atomic E-state index is 9.76. The van der Waals surface area contributed by atoms with E-state index in [1.54, 1.807) is 12.4 Å². The summed E-state index contributed by atoms with van der Waals surface area (Å²) >= 11 is 0. The monoisotopic (exact) mass is 373 g/mol. The third-order valence-electron chi connectivity index (χ3n) is 5.61. The number of aromatic nitrogens is 3. The van der Waals surface area contributed by atoms with Crippen molar-refractivity contribution in [3.63, 3.8) is 0 Å². The van der Waals surface area contributed by atoms with E-state index in [9.17, 15) is 10.4 Å². The summed E-state index contributed by atoms with van der Waals surface area (Å²) in [6.07, 6.45) is 9.29. The average molecular weight is 373 g/mol. The summed E-state index contributed by atoms with van der Waals surface area (Å²) in [4.78, 5) is 10.8. The molecule has 1 aliphatic heterocycles. The lowest BCUT2D eigenvalue weighted by Crippen LogP contribution is -2.34. The van der Waals surface area contributed by atoms with E-state index in [-0.39, 0.29) is 6.61 Å². The normalized spacial score (nSPS) is 14.8. The van der Waals surface area contributed by atoms with Crippen molar-refractivity contribution in [3.8, 4) is 17.2 Å². The standard InChI is InChI=1S/C22H23N5O/c1-26-15-25-13-21(26)16-6-9-27(10-7-16)22-17(11-23)3-2-4-19(22)20-12-24-8-5-18(20)14-28/h2-5,8,12-13,15-16,28H,6-7,9-10,14H2,1H3. The zero-order valence-corrected chi connectivity index (χ0v) is 15.9. The van der Waals surface area contributed by atoms with Crippen LogP contribution < -0.4 is 4.90 Å². The van der Waals surface area contributed by atoms with E-state index in [1.807, 2.05) is 43.8 Å². The van der Waals surface area contributed by atoms with E-state index < -0.39 is 0 Å². The largest absolute Gasteiger partial charge is 0.392 e. The van der Waals surface area contributed by atoms with Crippen LogP contribution in [-0.2, 0) is 13.7 Å². The first-order chi connectivity index (χ1) is 13.7. The molecule has 1 fully saturated rings. The molecule has 2 aromatic heterocycles. The Hall–Kier alpha value is -3.17. The number of anilines is 1. The number of piperidine rings is 1. The van der Waals surface area contributed by atoms with Crippen LogP contribution in [0.5, 0.6) is 0 Å². The van der Waals surface area contributed by atoms with Gasteiger partial charge in [-0.1, -0.05) is 12.1 Å². The second-order valence-electron chi connectivity index (χ2n) is 7.20. The first kappa shape index (κ1) is 18.2.